The van der Waals surface area contributed by atoms with Gasteiger partial charge in [0.25, 0.3) is 0 Å². The van der Waals surface area contributed by atoms with Crippen molar-refractivity contribution in [2.75, 3.05) is 13.2 Å². The number of carbonyl (C=O) groups excluding carboxylic acids is 4. The molecule has 3 saturated heterocycles. The normalized spacial score (nSPS) is 33.0. The average molecular weight is 913 g/mol. The second-order valence-electron chi connectivity index (χ2n) is 15.8. The van der Waals surface area contributed by atoms with E-state index in [2.05, 4.69) is 21.3 Å². The first-order valence-electron chi connectivity index (χ1n) is 20.9. The van der Waals surface area contributed by atoms with Crippen molar-refractivity contribution in [2.45, 2.75) is 118 Å². The number of benzene rings is 3. The molecule has 1 saturated carbocycles. The van der Waals surface area contributed by atoms with Crippen molar-refractivity contribution in [3.05, 3.63) is 108 Å². The molecule has 0 unspecified atom stereocenters. The lowest BCUT2D eigenvalue weighted by atomic mass is 9.83. The standard InChI is InChI=1S/C43H52N4O18/c48-18-28-30(49)29-37(65-43(57)47-29)39(62-28)64-36-26(46-42(56)60-21-24-14-8-3-9-15-24)16-25(45-41(55)59-20-23-12-6-2-7-13-23)35(34(36)53)63-38-33(52)32(51)31(50)27(61-38)17-44-40(54)58-19-22-10-4-1-5-11-22/h1-15,25-39,48-53H,16-21H2,(H,44,54)(H,45,55)(H,46,56)(H,47,57)/t25-,26+,27-,28-,29+,30-,31-,32+,33-,34-,35+,36-,37-,38-,39-/m1/s1. The smallest absolute Gasteiger partial charge is 0.408 e. The molecule has 22 nitrogen and oxygen atoms in total. The molecule has 0 bridgehead atoms. The first kappa shape index (κ1) is 47.3. The summed E-state index contributed by atoms with van der Waals surface area (Å²) in [6.45, 7) is -1.59. The minimum Gasteiger partial charge on any atom is -0.445 e. The number of carbonyl (C=O) groups is 4. The van der Waals surface area contributed by atoms with Crippen LogP contribution in [0.5, 0.6) is 0 Å². The molecule has 4 aliphatic rings. The molecule has 1 aliphatic carbocycles. The lowest BCUT2D eigenvalue weighted by molar-refractivity contribution is -0.331. The Bertz CT molecular complexity index is 2030. The summed E-state index contributed by atoms with van der Waals surface area (Å²) in [6.07, 6.45) is -24.0. The molecule has 22 heteroatoms. The van der Waals surface area contributed by atoms with Crippen molar-refractivity contribution in [3.63, 3.8) is 0 Å². The maximum atomic E-state index is 13.4. The summed E-state index contributed by atoms with van der Waals surface area (Å²) >= 11 is 0. The Morgan fingerprint density at radius 2 is 1.08 bits per heavy atom. The van der Waals surface area contributed by atoms with Crippen molar-refractivity contribution in [3.8, 4) is 0 Å². The maximum absolute atomic E-state index is 13.4. The highest BCUT2D eigenvalue weighted by Gasteiger charge is 2.57. The molecular weight excluding hydrogens is 860 g/mol. The third-order valence-corrected chi connectivity index (χ3v) is 11.3. The molecule has 3 aliphatic heterocycles. The van der Waals surface area contributed by atoms with Crippen LogP contribution in [-0.4, -0.2) is 160 Å². The number of fused-ring (bicyclic) bond motifs is 1. The largest absolute Gasteiger partial charge is 0.445 e. The Labute approximate surface area is 371 Å². The lowest BCUT2D eigenvalue weighted by Crippen LogP contribution is -2.69. The van der Waals surface area contributed by atoms with Gasteiger partial charge in [-0.15, -0.1) is 0 Å². The van der Waals surface area contributed by atoms with Crippen molar-refractivity contribution >= 4 is 24.4 Å². The number of nitrogens with one attached hydrogen (secondary N) is 4. The molecular formula is C43H52N4O18. The monoisotopic (exact) mass is 912 g/mol. The number of ether oxygens (including phenoxy) is 8. The molecule has 3 heterocycles. The van der Waals surface area contributed by atoms with Crippen molar-refractivity contribution in [1.82, 2.24) is 21.3 Å². The summed E-state index contributed by atoms with van der Waals surface area (Å²) in [5.74, 6) is 0. The summed E-state index contributed by atoms with van der Waals surface area (Å²) in [5, 5.41) is 76.3. The van der Waals surface area contributed by atoms with Gasteiger partial charge in [0.1, 0.15) is 80.8 Å². The predicted octanol–water partition coefficient (Wildman–Crippen LogP) is -0.599. The van der Waals surface area contributed by atoms with Gasteiger partial charge in [-0.05, 0) is 23.1 Å². The van der Waals surface area contributed by atoms with Crippen LogP contribution >= 0.6 is 0 Å². The molecule has 0 spiro atoms. The highest BCUT2D eigenvalue weighted by molar-refractivity contribution is 5.71. The molecule has 10 N–H and O–H groups in total. The molecule has 4 fully saturated rings. The van der Waals surface area contributed by atoms with Crippen LogP contribution in [0.25, 0.3) is 0 Å². The zero-order valence-corrected chi connectivity index (χ0v) is 34.6. The molecule has 7 rings (SSSR count). The Kier molecular flexibility index (Phi) is 16.0. The van der Waals surface area contributed by atoms with Gasteiger partial charge in [-0.1, -0.05) is 91.0 Å². The molecule has 4 amide bonds. The number of hydrogen-bond donors (Lipinski definition) is 10. The summed E-state index contributed by atoms with van der Waals surface area (Å²) in [4.78, 5) is 51.8. The second kappa shape index (κ2) is 22.0. The van der Waals surface area contributed by atoms with E-state index in [1.165, 1.54) is 0 Å². The zero-order valence-electron chi connectivity index (χ0n) is 34.6. The van der Waals surface area contributed by atoms with Crippen molar-refractivity contribution < 1.29 is 87.7 Å². The van der Waals surface area contributed by atoms with Gasteiger partial charge >= 0.3 is 24.4 Å². The van der Waals surface area contributed by atoms with E-state index in [1.807, 2.05) is 0 Å². The van der Waals surface area contributed by atoms with Gasteiger partial charge in [0, 0.05) is 6.54 Å². The third kappa shape index (κ3) is 12.0. The zero-order chi connectivity index (χ0) is 46.0. The minimum atomic E-state index is -1.98. The molecule has 15 atom stereocenters. The van der Waals surface area contributed by atoms with Crippen LogP contribution < -0.4 is 21.3 Å². The van der Waals surface area contributed by atoms with Crippen molar-refractivity contribution in [1.29, 1.82) is 0 Å². The summed E-state index contributed by atoms with van der Waals surface area (Å²) in [7, 11) is 0. The fourth-order valence-electron chi connectivity index (χ4n) is 7.91. The van der Waals surface area contributed by atoms with Crippen LogP contribution in [0.3, 0.4) is 0 Å². The van der Waals surface area contributed by atoms with Gasteiger partial charge in [0.05, 0.1) is 18.7 Å². The molecule has 3 aromatic rings. The number of alkyl carbamates (subject to hydrolysis) is 4. The van der Waals surface area contributed by atoms with E-state index in [4.69, 9.17) is 37.9 Å². The van der Waals surface area contributed by atoms with Crippen LogP contribution in [0.4, 0.5) is 19.2 Å². The van der Waals surface area contributed by atoms with Crippen molar-refractivity contribution in [2.24, 2.45) is 0 Å². The highest BCUT2D eigenvalue weighted by Crippen LogP contribution is 2.35. The lowest BCUT2D eigenvalue weighted by Gasteiger charge is -2.49. The second-order valence-corrected chi connectivity index (χ2v) is 15.8. The van der Waals surface area contributed by atoms with E-state index in [1.54, 1.807) is 91.0 Å². The number of amides is 4. The Morgan fingerprint density at radius 3 is 1.58 bits per heavy atom. The van der Waals surface area contributed by atoms with E-state index < -0.39 is 129 Å². The third-order valence-electron chi connectivity index (χ3n) is 11.3. The highest BCUT2D eigenvalue weighted by atomic mass is 16.7. The van der Waals surface area contributed by atoms with E-state index in [0.29, 0.717) is 16.7 Å². The van der Waals surface area contributed by atoms with Gasteiger partial charge in [-0.2, -0.15) is 0 Å². The molecule has 0 radical (unpaired) electrons. The van der Waals surface area contributed by atoms with Gasteiger partial charge in [0.2, 0.25) is 0 Å². The van der Waals surface area contributed by atoms with E-state index in [-0.39, 0.29) is 26.2 Å². The first-order chi connectivity index (χ1) is 31.4. The summed E-state index contributed by atoms with van der Waals surface area (Å²) in [5.41, 5.74) is 1.99. The average Bonchev–Trinajstić information content (AvgIpc) is 3.72. The SMILES string of the molecule is O=C(NC[C@H]1O[C@H](O[C@@H]2[C@@H](O)[C@H](O[C@H]3O[C@H](CO)[C@@H](O)[C@@H]4NC(=O)O[C@@H]34)[C@@H](NC(=O)OCc3ccccc3)C[C@H]2NC(=O)OCc2ccccc2)[C@H](O)[C@@H](O)[C@@H]1O)OCc1ccccc1. The van der Waals surface area contributed by atoms with Crippen LogP contribution in [-0.2, 0) is 57.7 Å². The van der Waals surface area contributed by atoms with Gasteiger partial charge in [0.15, 0.2) is 18.7 Å². The van der Waals surface area contributed by atoms with Gasteiger partial charge in [-0.25, -0.2) is 19.2 Å². The quantitative estimate of drug-likeness (QED) is 0.0852. The number of aliphatic hydroxyl groups is 6. The molecule has 65 heavy (non-hydrogen) atoms. The molecule has 0 aromatic heterocycles. The predicted molar refractivity (Wildman–Crippen MR) is 218 cm³/mol. The topological polar surface area (TPSA) is 312 Å². The Balaban J connectivity index is 1.13. The van der Waals surface area contributed by atoms with Crippen LogP contribution in [0.2, 0.25) is 0 Å². The number of hydrogen-bond acceptors (Lipinski definition) is 18. The fraction of sp³-hybridized carbons (Fsp3) is 0.488. The minimum absolute atomic E-state index is 0.0765. The van der Waals surface area contributed by atoms with Gasteiger partial charge < -0.3 is 89.8 Å². The van der Waals surface area contributed by atoms with Gasteiger partial charge in [-0.3, -0.25) is 0 Å². The summed E-state index contributed by atoms with van der Waals surface area (Å²) < 4.78 is 45.7. The first-order valence-corrected chi connectivity index (χ1v) is 20.9. The number of aliphatic hydroxyl groups excluding tert-OH is 6. The van der Waals surface area contributed by atoms with E-state index in [9.17, 15) is 49.8 Å². The fourth-order valence-corrected chi connectivity index (χ4v) is 7.91. The van der Waals surface area contributed by atoms with E-state index >= 15 is 0 Å². The Hall–Kier alpha value is -5.66. The Morgan fingerprint density at radius 1 is 0.600 bits per heavy atom. The summed E-state index contributed by atoms with van der Waals surface area (Å²) in [6, 6.07) is 22.5. The number of rotatable bonds is 15. The van der Waals surface area contributed by atoms with E-state index in [0.717, 1.165) is 0 Å². The van der Waals surface area contributed by atoms with Crippen LogP contribution in [0.1, 0.15) is 23.1 Å². The van der Waals surface area contributed by atoms with Crippen LogP contribution in [0, 0.1) is 0 Å². The molecule has 3 aromatic carbocycles. The van der Waals surface area contributed by atoms with Crippen LogP contribution in [0.15, 0.2) is 91.0 Å². The maximum Gasteiger partial charge on any atom is 0.408 e. The molecule has 352 valence electrons.